The Labute approximate surface area is 178 Å². The van der Waals surface area contributed by atoms with Gasteiger partial charge in [0.1, 0.15) is 11.5 Å². The zero-order valence-corrected chi connectivity index (χ0v) is 18.3. The molecule has 1 atom stereocenters. The van der Waals surface area contributed by atoms with Gasteiger partial charge < -0.3 is 19.5 Å². The van der Waals surface area contributed by atoms with Crippen LogP contribution in [0.15, 0.2) is 34.7 Å². The van der Waals surface area contributed by atoms with Crippen LogP contribution in [-0.4, -0.2) is 42.9 Å². The first kappa shape index (κ1) is 20.5. The Balaban J connectivity index is 1.37. The number of fused-ring (bicyclic) bond motifs is 1. The molecule has 1 unspecified atom stereocenters. The van der Waals surface area contributed by atoms with Gasteiger partial charge in [0.05, 0.1) is 6.04 Å². The number of amides is 2. The summed E-state index contributed by atoms with van der Waals surface area (Å²) in [5.74, 6) is 1.99. The van der Waals surface area contributed by atoms with E-state index in [0.717, 1.165) is 54.3 Å². The van der Waals surface area contributed by atoms with E-state index in [9.17, 15) is 9.59 Å². The summed E-state index contributed by atoms with van der Waals surface area (Å²) in [6, 6.07) is 9.76. The molecule has 30 heavy (non-hydrogen) atoms. The Kier molecular flexibility index (Phi) is 5.35. The van der Waals surface area contributed by atoms with Crippen LogP contribution in [0.5, 0.6) is 0 Å². The minimum absolute atomic E-state index is 0.00548. The number of furan rings is 1. The van der Waals surface area contributed by atoms with E-state index in [1.807, 2.05) is 36.1 Å². The predicted molar refractivity (Wildman–Crippen MR) is 117 cm³/mol. The molecule has 0 bridgehead atoms. The zero-order valence-electron chi connectivity index (χ0n) is 18.3. The maximum Gasteiger partial charge on any atom is 0.318 e. The molecule has 1 aliphatic heterocycles. The van der Waals surface area contributed by atoms with Crippen molar-refractivity contribution < 1.29 is 14.0 Å². The molecule has 160 valence electrons. The lowest BCUT2D eigenvalue weighted by Crippen LogP contribution is -2.53. The summed E-state index contributed by atoms with van der Waals surface area (Å²) >= 11 is 0. The minimum Gasteiger partial charge on any atom is -0.466 e. The number of piperazine rings is 1. The topological polar surface area (TPSA) is 65.8 Å². The standard InChI is InChI=1S/C24H31N3O3/c1-16-13-20-21(14-24(3,4)15-22(20)30-16)25-23(29)27-11-9-26(10-12-27)19-7-5-18(6-8-19)17(2)28/h5-8,13,21H,9-12,14-15H2,1-4H3,(H,25,29). The quantitative estimate of drug-likeness (QED) is 0.766. The highest BCUT2D eigenvalue weighted by Gasteiger charge is 2.36. The van der Waals surface area contributed by atoms with Crippen LogP contribution in [-0.2, 0) is 6.42 Å². The van der Waals surface area contributed by atoms with Crippen molar-refractivity contribution in [3.8, 4) is 0 Å². The summed E-state index contributed by atoms with van der Waals surface area (Å²) in [4.78, 5) is 28.6. The predicted octanol–water partition coefficient (Wildman–Crippen LogP) is 4.34. The van der Waals surface area contributed by atoms with Gasteiger partial charge in [0, 0.05) is 49.4 Å². The summed E-state index contributed by atoms with van der Waals surface area (Å²) in [5.41, 5.74) is 3.04. The molecule has 6 heteroatoms. The number of aryl methyl sites for hydroxylation is 1. The lowest BCUT2D eigenvalue weighted by molar-refractivity contribution is 0.101. The van der Waals surface area contributed by atoms with E-state index >= 15 is 0 Å². The average Bonchev–Trinajstić information content (AvgIpc) is 3.07. The number of carbonyl (C=O) groups is 2. The number of ketones is 1. The van der Waals surface area contributed by atoms with Crippen molar-refractivity contribution in [2.75, 3.05) is 31.1 Å². The zero-order chi connectivity index (χ0) is 21.5. The smallest absolute Gasteiger partial charge is 0.318 e. The molecule has 1 saturated heterocycles. The molecular formula is C24H31N3O3. The third kappa shape index (κ3) is 4.23. The van der Waals surface area contributed by atoms with Crippen LogP contribution in [0.2, 0.25) is 0 Å². The Morgan fingerprint density at radius 2 is 1.77 bits per heavy atom. The first-order valence-electron chi connectivity index (χ1n) is 10.7. The highest BCUT2D eigenvalue weighted by atomic mass is 16.3. The molecule has 2 aromatic rings. The molecule has 6 nitrogen and oxygen atoms in total. The first-order chi connectivity index (χ1) is 14.2. The molecule has 1 aliphatic carbocycles. The van der Waals surface area contributed by atoms with Crippen molar-refractivity contribution in [3.63, 3.8) is 0 Å². The largest absolute Gasteiger partial charge is 0.466 e. The Morgan fingerprint density at radius 3 is 2.40 bits per heavy atom. The van der Waals surface area contributed by atoms with Crippen molar-refractivity contribution in [2.24, 2.45) is 5.41 Å². The lowest BCUT2D eigenvalue weighted by Gasteiger charge is -2.39. The van der Waals surface area contributed by atoms with Crippen LogP contribution in [0.4, 0.5) is 10.5 Å². The molecule has 0 radical (unpaired) electrons. The van der Waals surface area contributed by atoms with E-state index < -0.39 is 0 Å². The van der Waals surface area contributed by atoms with Crippen LogP contribution in [0.25, 0.3) is 0 Å². The first-order valence-corrected chi connectivity index (χ1v) is 10.7. The van der Waals surface area contributed by atoms with Crippen LogP contribution in [0.3, 0.4) is 0 Å². The van der Waals surface area contributed by atoms with Gasteiger partial charge in [0.15, 0.2) is 5.78 Å². The van der Waals surface area contributed by atoms with Gasteiger partial charge >= 0.3 is 6.03 Å². The fourth-order valence-corrected chi connectivity index (χ4v) is 4.63. The second-order valence-electron chi connectivity index (χ2n) is 9.36. The molecular weight excluding hydrogens is 378 g/mol. The van der Waals surface area contributed by atoms with Crippen molar-refractivity contribution in [1.29, 1.82) is 0 Å². The van der Waals surface area contributed by atoms with Crippen molar-refractivity contribution >= 4 is 17.5 Å². The summed E-state index contributed by atoms with van der Waals surface area (Å²) in [6.45, 7) is 10.9. The van der Waals surface area contributed by atoms with Crippen LogP contribution in [0, 0.1) is 12.3 Å². The summed E-state index contributed by atoms with van der Waals surface area (Å²) < 4.78 is 5.89. The summed E-state index contributed by atoms with van der Waals surface area (Å²) in [5, 5.41) is 3.26. The fourth-order valence-electron chi connectivity index (χ4n) is 4.63. The number of nitrogens with zero attached hydrogens (tertiary/aromatic N) is 2. The molecule has 4 rings (SSSR count). The van der Waals surface area contributed by atoms with Crippen LogP contribution in [0.1, 0.15) is 60.7 Å². The normalized spacial score (nSPS) is 20.6. The van der Waals surface area contributed by atoms with Gasteiger partial charge in [-0.1, -0.05) is 13.8 Å². The number of hydrogen-bond donors (Lipinski definition) is 1. The molecule has 1 aromatic carbocycles. The van der Waals surface area contributed by atoms with Crippen molar-refractivity contribution in [1.82, 2.24) is 10.2 Å². The maximum atomic E-state index is 13.0. The lowest BCUT2D eigenvalue weighted by atomic mass is 9.75. The van der Waals surface area contributed by atoms with E-state index in [2.05, 4.69) is 30.1 Å². The van der Waals surface area contributed by atoms with Gasteiger partial charge in [-0.3, -0.25) is 4.79 Å². The third-order valence-electron chi connectivity index (χ3n) is 6.24. The number of urea groups is 1. The fraction of sp³-hybridized carbons (Fsp3) is 0.500. The van der Waals surface area contributed by atoms with Gasteiger partial charge in [0.25, 0.3) is 0 Å². The second kappa shape index (κ2) is 7.82. The molecule has 1 N–H and O–H groups in total. The summed E-state index contributed by atoms with van der Waals surface area (Å²) in [6.07, 6.45) is 1.82. The highest BCUT2D eigenvalue weighted by Crippen LogP contribution is 2.42. The number of nitrogens with one attached hydrogen (secondary N) is 1. The number of Topliss-reactive ketones (excluding diaryl/α,β-unsaturated/α-hetero) is 1. The summed E-state index contributed by atoms with van der Waals surface area (Å²) in [7, 11) is 0. The van der Waals surface area contributed by atoms with Crippen molar-refractivity contribution in [2.45, 2.75) is 46.6 Å². The van der Waals surface area contributed by atoms with E-state index in [1.54, 1.807) is 6.92 Å². The molecule has 1 fully saturated rings. The third-order valence-corrected chi connectivity index (χ3v) is 6.24. The number of hydrogen-bond acceptors (Lipinski definition) is 4. The van der Waals surface area contributed by atoms with E-state index in [4.69, 9.17) is 4.42 Å². The highest BCUT2D eigenvalue weighted by molar-refractivity contribution is 5.94. The van der Waals surface area contributed by atoms with Gasteiger partial charge in [-0.25, -0.2) is 4.79 Å². The molecule has 2 amide bonds. The number of carbonyl (C=O) groups excluding carboxylic acids is 2. The van der Waals surface area contributed by atoms with Gasteiger partial charge in [0.2, 0.25) is 0 Å². The monoisotopic (exact) mass is 409 g/mol. The molecule has 2 aliphatic rings. The number of benzene rings is 1. The Hall–Kier alpha value is -2.76. The molecule has 0 saturated carbocycles. The molecule has 2 heterocycles. The SMILES string of the molecule is CC(=O)c1ccc(N2CCN(C(=O)NC3CC(C)(C)Cc4oc(C)cc43)CC2)cc1. The average molecular weight is 410 g/mol. The molecule has 1 aromatic heterocycles. The minimum atomic E-state index is -0.00847. The second-order valence-corrected chi connectivity index (χ2v) is 9.36. The van der Waals surface area contributed by atoms with E-state index in [1.165, 1.54) is 0 Å². The molecule has 0 spiro atoms. The number of rotatable bonds is 3. The van der Waals surface area contributed by atoms with Crippen molar-refractivity contribution in [3.05, 3.63) is 53.0 Å². The van der Waals surface area contributed by atoms with E-state index in [0.29, 0.717) is 13.1 Å². The van der Waals surface area contributed by atoms with Gasteiger partial charge in [-0.05, 0) is 56.0 Å². The van der Waals surface area contributed by atoms with Gasteiger partial charge in [-0.15, -0.1) is 0 Å². The van der Waals surface area contributed by atoms with E-state index in [-0.39, 0.29) is 23.3 Å². The van der Waals surface area contributed by atoms with Gasteiger partial charge in [-0.2, -0.15) is 0 Å². The Bertz CT molecular complexity index is 937. The van der Waals surface area contributed by atoms with Crippen LogP contribution < -0.4 is 10.2 Å². The Morgan fingerprint density at radius 1 is 1.10 bits per heavy atom. The van der Waals surface area contributed by atoms with Crippen LogP contribution >= 0.6 is 0 Å². The maximum absolute atomic E-state index is 13.0. The number of anilines is 1.